The zero-order valence-corrected chi connectivity index (χ0v) is 12.5. The molecular formula is C13H22N4O2S. The Morgan fingerprint density at radius 1 is 1.35 bits per heavy atom. The third-order valence-electron chi connectivity index (χ3n) is 3.51. The summed E-state index contributed by atoms with van der Waals surface area (Å²) in [6.07, 6.45) is 2.49. The number of hydrogen-bond donors (Lipinski definition) is 3. The summed E-state index contributed by atoms with van der Waals surface area (Å²) >= 11 is 0. The van der Waals surface area contributed by atoms with Crippen molar-refractivity contribution in [3.63, 3.8) is 0 Å². The summed E-state index contributed by atoms with van der Waals surface area (Å²) in [5, 5.41) is 8.41. The van der Waals surface area contributed by atoms with E-state index in [0.29, 0.717) is 5.69 Å². The summed E-state index contributed by atoms with van der Waals surface area (Å²) in [7, 11) is -3.79. The minimum absolute atomic E-state index is 0.0316. The highest BCUT2D eigenvalue weighted by Crippen LogP contribution is 2.26. The van der Waals surface area contributed by atoms with Crippen LogP contribution in [0.25, 0.3) is 0 Å². The zero-order valence-electron chi connectivity index (χ0n) is 11.7. The summed E-state index contributed by atoms with van der Waals surface area (Å²) < 4.78 is 22.9. The minimum atomic E-state index is -3.79. The average Bonchev–Trinajstić information content (AvgIpc) is 2.83. The Labute approximate surface area is 120 Å². The van der Waals surface area contributed by atoms with Crippen LogP contribution in [0.3, 0.4) is 0 Å². The van der Waals surface area contributed by atoms with E-state index in [2.05, 4.69) is 17.1 Å². The van der Waals surface area contributed by atoms with Gasteiger partial charge >= 0.3 is 0 Å². The first-order valence-electron chi connectivity index (χ1n) is 6.78. The largest absolute Gasteiger partial charge is 0.396 e. The van der Waals surface area contributed by atoms with Gasteiger partial charge in [0, 0.05) is 12.6 Å². The van der Waals surface area contributed by atoms with Crippen molar-refractivity contribution in [2.75, 3.05) is 30.7 Å². The number of primary sulfonamides is 1. The van der Waals surface area contributed by atoms with Crippen molar-refractivity contribution in [1.29, 1.82) is 0 Å². The van der Waals surface area contributed by atoms with Gasteiger partial charge in [-0.05, 0) is 45.0 Å². The molecule has 0 radical (unpaired) electrons. The van der Waals surface area contributed by atoms with Gasteiger partial charge in [0.2, 0.25) is 10.0 Å². The predicted molar refractivity (Wildman–Crippen MR) is 81.0 cm³/mol. The molecule has 0 aliphatic carbocycles. The number of benzene rings is 1. The molecule has 1 fully saturated rings. The van der Waals surface area contributed by atoms with E-state index in [-0.39, 0.29) is 16.6 Å². The Kier molecular flexibility index (Phi) is 4.52. The highest BCUT2D eigenvalue weighted by molar-refractivity contribution is 7.89. The second kappa shape index (κ2) is 5.99. The Morgan fingerprint density at radius 3 is 2.60 bits per heavy atom. The van der Waals surface area contributed by atoms with Crippen molar-refractivity contribution in [1.82, 2.24) is 4.90 Å². The van der Waals surface area contributed by atoms with Gasteiger partial charge in [-0.25, -0.2) is 13.6 Å². The van der Waals surface area contributed by atoms with Crippen molar-refractivity contribution < 1.29 is 8.42 Å². The fourth-order valence-electron chi connectivity index (χ4n) is 2.58. The lowest BCUT2D eigenvalue weighted by molar-refractivity contribution is 0.328. The van der Waals surface area contributed by atoms with E-state index in [4.69, 9.17) is 10.9 Å². The molecule has 5 N–H and O–H groups in total. The number of rotatable bonds is 5. The number of para-hydroxylation sites is 1. The van der Waals surface area contributed by atoms with E-state index < -0.39 is 10.0 Å². The van der Waals surface area contributed by atoms with Gasteiger partial charge in [0.15, 0.2) is 0 Å². The third-order valence-corrected chi connectivity index (χ3v) is 4.47. The van der Waals surface area contributed by atoms with Gasteiger partial charge in [-0.1, -0.05) is 6.07 Å². The van der Waals surface area contributed by atoms with E-state index in [1.807, 2.05) is 0 Å². The molecule has 0 aromatic heterocycles. The summed E-state index contributed by atoms with van der Waals surface area (Å²) in [6.45, 7) is 5.22. The number of nitrogens with zero attached hydrogens (tertiary/aromatic N) is 1. The average molecular weight is 298 g/mol. The van der Waals surface area contributed by atoms with Crippen LogP contribution in [0.5, 0.6) is 0 Å². The van der Waals surface area contributed by atoms with Gasteiger partial charge in [0.25, 0.3) is 0 Å². The van der Waals surface area contributed by atoms with Crippen LogP contribution in [0.1, 0.15) is 19.8 Å². The van der Waals surface area contributed by atoms with Crippen molar-refractivity contribution in [2.45, 2.75) is 30.7 Å². The normalized spacial score (nSPS) is 18.1. The van der Waals surface area contributed by atoms with Gasteiger partial charge in [-0.15, -0.1) is 0 Å². The molecule has 112 valence electrons. The molecule has 7 heteroatoms. The SMILES string of the molecule is CC(CN1CCCC1)Nc1cccc(S(N)(=O)=O)c1N. The predicted octanol–water partition coefficient (Wildman–Crippen LogP) is 0.812. The molecule has 20 heavy (non-hydrogen) atoms. The maximum atomic E-state index is 11.4. The van der Waals surface area contributed by atoms with Crippen molar-refractivity contribution in [3.8, 4) is 0 Å². The number of likely N-dealkylation sites (tertiary alicyclic amines) is 1. The summed E-state index contributed by atoms with van der Waals surface area (Å²) in [4.78, 5) is 2.35. The lowest BCUT2D eigenvalue weighted by Gasteiger charge is -2.23. The number of anilines is 2. The van der Waals surface area contributed by atoms with Crippen LogP contribution < -0.4 is 16.2 Å². The van der Waals surface area contributed by atoms with Crippen LogP contribution in [0.15, 0.2) is 23.1 Å². The van der Waals surface area contributed by atoms with Gasteiger partial charge in [0.1, 0.15) is 4.90 Å². The topological polar surface area (TPSA) is 101 Å². The van der Waals surface area contributed by atoms with Crippen LogP contribution in [0, 0.1) is 0 Å². The first-order valence-corrected chi connectivity index (χ1v) is 8.33. The van der Waals surface area contributed by atoms with Gasteiger partial charge in [0.05, 0.1) is 11.4 Å². The van der Waals surface area contributed by atoms with Crippen LogP contribution in [-0.2, 0) is 10.0 Å². The molecule has 2 rings (SSSR count). The molecule has 1 aliphatic heterocycles. The van der Waals surface area contributed by atoms with Gasteiger partial charge in [-0.3, -0.25) is 0 Å². The second-order valence-corrected chi connectivity index (χ2v) is 6.85. The molecule has 1 aliphatic rings. The number of nitrogen functional groups attached to an aromatic ring is 1. The Hall–Kier alpha value is -1.31. The van der Waals surface area contributed by atoms with E-state index in [9.17, 15) is 8.42 Å². The molecule has 1 atom stereocenters. The summed E-state index contributed by atoms with van der Waals surface area (Å²) in [6, 6.07) is 5.01. The van der Waals surface area contributed by atoms with Crippen LogP contribution in [-0.4, -0.2) is 39.0 Å². The van der Waals surface area contributed by atoms with E-state index in [1.54, 1.807) is 12.1 Å². The van der Waals surface area contributed by atoms with E-state index in [0.717, 1.165) is 19.6 Å². The quantitative estimate of drug-likeness (QED) is 0.698. The third kappa shape index (κ3) is 3.62. The fraction of sp³-hybridized carbons (Fsp3) is 0.538. The Bertz CT molecular complexity index is 568. The highest BCUT2D eigenvalue weighted by Gasteiger charge is 2.18. The van der Waals surface area contributed by atoms with E-state index >= 15 is 0 Å². The fourth-order valence-corrected chi connectivity index (χ4v) is 3.27. The van der Waals surface area contributed by atoms with Crippen LogP contribution in [0.2, 0.25) is 0 Å². The molecule has 1 unspecified atom stereocenters. The molecule has 1 aromatic carbocycles. The first kappa shape index (κ1) is 15.1. The van der Waals surface area contributed by atoms with Crippen molar-refractivity contribution in [2.24, 2.45) is 5.14 Å². The second-order valence-electron chi connectivity index (χ2n) is 5.32. The minimum Gasteiger partial charge on any atom is -0.396 e. The molecule has 0 spiro atoms. The molecule has 1 saturated heterocycles. The van der Waals surface area contributed by atoms with E-state index in [1.165, 1.54) is 18.9 Å². The first-order chi connectivity index (χ1) is 9.38. The maximum Gasteiger partial charge on any atom is 0.240 e. The molecule has 0 saturated carbocycles. The zero-order chi connectivity index (χ0) is 14.8. The number of hydrogen-bond acceptors (Lipinski definition) is 5. The number of sulfonamides is 1. The van der Waals surface area contributed by atoms with Gasteiger partial charge in [-0.2, -0.15) is 0 Å². The molecule has 1 aromatic rings. The Morgan fingerprint density at radius 2 is 2.00 bits per heavy atom. The molecule has 0 amide bonds. The number of nitrogens with one attached hydrogen (secondary N) is 1. The lowest BCUT2D eigenvalue weighted by Crippen LogP contribution is -2.33. The number of nitrogens with two attached hydrogens (primary N) is 2. The molecule has 0 bridgehead atoms. The molecule has 6 nitrogen and oxygen atoms in total. The smallest absolute Gasteiger partial charge is 0.240 e. The van der Waals surface area contributed by atoms with Crippen LogP contribution in [0.4, 0.5) is 11.4 Å². The highest BCUT2D eigenvalue weighted by atomic mass is 32.2. The van der Waals surface area contributed by atoms with Crippen molar-refractivity contribution in [3.05, 3.63) is 18.2 Å². The molecular weight excluding hydrogens is 276 g/mol. The van der Waals surface area contributed by atoms with Gasteiger partial charge < -0.3 is 16.0 Å². The Balaban J connectivity index is 2.09. The maximum absolute atomic E-state index is 11.4. The molecule has 1 heterocycles. The van der Waals surface area contributed by atoms with Crippen LogP contribution >= 0.6 is 0 Å². The summed E-state index contributed by atoms with van der Waals surface area (Å²) in [5.74, 6) is 0. The monoisotopic (exact) mass is 298 g/mol. The lowest BCUT2D eigenvalue weighted by atomic mass is 10.2. The standard InChI is InChI=1S/C13H22N4O2S/c1-10(9-17-7-2-3-8-17)16-11-5-4-6-12(13(11)14)20(15,18)19/h4-6,10,16H,2-3,7-9,14H2,1H3,(H2,15,18,19). The van der Waals surface area contributed by atoms with Crippen molar-refractivity contribution >= 4 is 21.4 Å². The summed E-state index contributed by atoms with van der Waals surface area (Å²) in [5.41, 5.74) is 6.69.